The van der Waals surface area contributed by atoms with Crippen LogP contribution in [0, 0.1) is 5.92 Å². The second kappa shape index (κ2) is 3.83. The van der Waals surface area contributed by atoms with E-state index in [1.54, 1.807) is 6.92 Å². The molecule has 0 aromatic heterocycles. The number of rotatable bonds is 3. The minimum absolute atomic E-state index is 0.0970. The summed E-state index contributed by atoms with van der Waals surface area (Å²) in [6.45, 7) is 1.78. The first-order chi connectivity index (χ1) is 5.61. The zero-order chi connectivity index (χ0) is 9.14. The zero-order valence-corrected chi connectivity index (χ0v) is 7.02. The van der Waals surface area contributed by atoms with Crippen LogP contribution in [0.1, 0.15) is 26.2 Å². The monoisotopic (exact) mass is 177 g/mol. The highest BCUT2D eigenvalue weighted by molar-refractivity contribution is 5.79. The van der Waals surface area contributed by atoms with Gasteiger partial charge in [-0.05, 0) is 25.7 Å². The molecule has 0 aliphatic heterocycles. The van der Waals surface area contributed by atoms with Gasteiger partial charge in [0.2, 0.25) is 0 Å². The van der Waals surface area contributed by atoms with Crippen LogP contribution in [0.4, 0.5) is 8.78 Å². The highest BCUT2D eigenvalue weighted by atomic mass is 19.3. The van der Waals surface area contributed by atoms with E-state index in [-0.39, 0.29) is 6.04 Å². The summed E-state index contributed by atoms with van der Waals surface area (Å²) in [5, 5.41) is 2.29. The van der Waals surface area contributed by atoms with Crippen molar-refractivity contribution in [3.8, 4) is 0 Å². The average Bonchev–Trinajstić information content (AvgIpc) is 1.82. The Kier molecular flexibility index (Phi) is 3.00. The van der Waals surface area contributed by atoms with Crippen LogP contribution in [-0.2, 0) is 4.79 Å². The third-order valence-electron chi connectivity index (χ3n) is 2.43. The molecule has 70 valence electrons. The maximum absolute atomic E-state index is 11.8. The maximum Gasteiger partial charge on any atom is 0.315 e. The fraction of sp³-hybridized carbons (Fsp3) is 0.875. The molecule has 0 radical (unpaired) electrons. The van der Waals surface area contributed by atoms with Crippen molar-refractivity contribution in [1.82, 2.24) is 5.32 Å². The lowest BCUT2D eigenvalue weighted by Gasteiger charge is -2.31. The molecule has 1 saturated carbocycles. The van der Waals surface area contributed by atoms with Gasteiger partial charge in [-0.25, -0.2) is 0 Å². The highest BCUT2D eigenvalue weighted by Crippen LogP contribution is 2.29. The van der Waals surface area contributed by atoms with Gasteiger partial charge in [-0.15, -0.1) is 0 Å². The Labute approximate surface area is 70.3 Å². The molecular formula is C8H13F2NO. The van der Waals surface area contributed by atoms with Gasteiger partial charge >= 0.3 is 6.43 Å². The topological polar surface area (TPSA) is 29.1 Å². The van der Waals surface area contributed by atoms with E-state index in [0.29, 0.717) is 5.92 Å². The normalized spacial score (nSPS) is 20.3. The molecule has 1 unspecified atom stereocenters. The molecule has 1 N–H and O–H groups in total. The second-order valence-electron chi connectivity index (χ2n) is 3.29. The van der Waals surface area contributed by atoms with Gasteiger partial charge in [-0.1, -0.05) is 6.42 Å². The van der Waals surface area contributed by atoms with Gasteiger partial charge in [-0.2, -0.15) is 8.78 Å². The van der Waals surface area contributed by atoms with Gasteiger partial charge < -0.3 is 5.32 Å². The van der Waals surface area contributed by atoms with E-state index in [2.05, 4.69) is 5.32 Å². The third-order valence-corrected chi connectivity index (χ3v) is 2.43. The van der Waals surface area contributed by atoms with Gasteiger partial charge in [-0.3, -0.25) is 4.79 Å². The fourth-order valence-electron chi connectivity index (χ4n) is 1.35. The second-order valence-corrected chi connectivity index (χ2v) is 3.29. The van der Waals surface area contributed by atoms with Gasteiger partial charge in [0.1, 0.15) is 0 Å². The van der Waals surface area contributed by atoms with E-state index in [1.165, 1.54) is 0 Å². The summed E-state index contributed by atoms with van der Waals surface area (Å²) >= 11 is 0. The fourth-order valence-corrected chi connectivity index (χ4v) is 1.35. The quantitative estimate of drug-likeness (QED) is 0.696. The number of amides is 1. The molecule has 1 aliphatic carbocycles. The van der Waals surface area contributed by atoms with E-state index in [1.807, 2.05) is 0 Å². The van der Waals surface area contributed by atoms with Crippen molar-refractivity contribution in [2.75, 3.05) is 0 Å². The predicted octanol–water partition coefficient (Wildman–Crippen LogP) is 1.56. The molecule has 1 rings (SSSR count). The summed E-state index contributed by atoms with van der Waals surface area (Å²) in [6.07, 6.45) is 0.363. The highest BCUT2D eigenvalue weighted by Gasteiger charge is 2.27. The molecule has 1 aliphatic rings. The zero-order valence-electron chi connectivity index (χ0n) is 7.02. The van der Waals surface area contributed by atoms with Crippen LogP contribution in [-0.4, -0.2) is 18.4 Å². The smallest absolute Gasteiger partial charge is 0.315 e. The first kappa shape index (κ1) is 9.42. The number of carbonyl (C=O) groups excluding carboxylic acids is 1. The van der Waals surface area contributed by atoms with Gasteiger partial charge in [0, 0.05) is 6.04 Å². The van der Waals surface area contributed by atoms with Crippen molar-refractivity contribution in [2.45, 2.75) is 38.7 Å². The average molecular weight is 177 g/mol. The lowest BCUT2D eigenvalue weighted by molar-refractivity contribution is -0.132. The van der Waals surface area contributed by atoms with E-state index >= 15 is 0 Å². The molecule has 0 aromatic carbocycles. The van der Waals surface area contributed by atoms with E-state index in [0.717, 1.165) is 19.3 Å². The number of halogens is 2. The van der Waals surface area contributed by atoms with Gasteiger partial charge in [0.15, 0.2) is 0 Å². The number of alkyl halides is 2. The first-order valence-electron chi connectivity index (χ1n) is 4.20. The van der Waals surface area contributed by atoms with Crippen molar-refractivity contribution >= 4 is 5.91 Å². The Morgan fingerprint density at radius 1 is 1.50 bits per heavy atom. The molecule has 1 atom stereocenters. The Bertz CT molecular complexity index is 168. The Hall–Kier alpha value is -0.670. The summed E-state index contributed by atoms with van der Waals surface area (Å²) in [5.41, 5.74) is 0. The molecule has 2 nitrogen and oxygen atoms in total. The minimum atomic E-state index is -2.88. The lowest BCUT2D eigenvalue weighted by atomic mass is 9.80. The molecule has 0 heterocycles. The van der Waals surface area contributed by atoms with Crippen LogP contribution in [0.2, 0.25) is 0 Å². The van der Waals surface area contributed by atoms with Crippen LogP contribution >= 0.6 is 0 Å². The standard InChI is InChI=1S/C8H13F2NO/c1-5(6-3-2-4-6)11-8(12)7(9)10/h5-7H,2-4H2,1H3,(H,11,12). The number of nitrogens with one attached hydrogen (secondary N) is 1. The summed E-state index contributed by atoms with van der Waals surface area (Å²) in [7, 11) is 0. The molecule has 12 heavy (non-hydrogen) atoms. The van der Waals surface area contributed by atoms with E-state index in [4.69, 9.17) is 0 Å². The van der Waals surface area contributed by atoms with Crippen LogP contribution in [0.3, 0.4) is 0 Å². The summed E-state index contributed by atoms with van der Waals surface area (Å²) < 4.78 is 23.5. The van der Waals surface area contributed by atoms with Crippen molar-refractivity contribution in [1.29, 1.82) is 0 Å². The molecule has 0 spiro atoms. The first-order valence-corrected chi connectivity index (χ1v) is 4.20. The molecule has 0 aromatic rings. The summed E-state index contributed by atoms with van der Waals surface area (Å²) in [6, 6.07) is -0.0970. The van der Waals surface area contributed by atoms with Gasteiger partial charge in [0.25, 0.3) is 5.91 Å². The van der Waals surface area contributed by atoms with Crippen molar-refractivity contribution in [3.63, 3.8) is 0 Å². The number of hydrogen-bond donors (Lipinski definition) is 1. The summed E-state index contributed by atoms with van der Waals surface area (Å²) in [4.78, 5) is 10.5. The summed E-state index contributed by atoms with van der Waals surface area (Å²) in [5.74, 6) is -0.734. The Balaban J connectivity index is 2.24. The molecule has 1 fully saturated rings. The molecular weight excluding hydrogens is 164 g/mol. The third kappa shape index (κ3) is 2.16. The maximum atomic E-state index is 11.8. The van der Waals surface area contributed by atoms with Gasteiger partial charge in [0.05, 0.1) is 0 Å². The van der Waals surface area contributed by atoms with Crippen LogP contribution in [0.25, 0.3) is 0 Å². The molecule has 0 bridgehead atoms. The Morgan fingerprint density at radius 3 is 2.42 bits per heavy atom. The van der Waals surface area contributed by atoms with Crippen LogP contribution < -0.4 is 5.32 Å². The van der Waals surface area contributed by atoms with E-state index < -0.39 is 12.3 Å². The molecule has 0 saturated heterocycles. The largest absolute Gasteiger partial charge is 0.348 e. The number of carbonyl (C=O) groups is 1. The van der Waals surface area contributed by atoms with Crippen molar-refractivity contribution in [3.05, 3.63) is 0 Å². The van der Waals surface area contributed by atoms with Crippen molar-refractivity contribution < 1.29 is 13.6 Å². The Morgan fingerprint density at radius 2 is 2.08 bits per heavy atom. The lowest BCUT2D eigenvalue weighted by Crippen LogP contribution is -2.43. The SMILES string of the molecule is CC(NC(=O)C(F)F)C1CCC1. The van der Waals surface area contributed by atoms with Crippen molar-refractivity contribution in [2.24, 2.45) is 5.92 Å². The van der Waals surface area contributed by atoms with Crippen LogP contribution in [0.15, 0.2) is 0 Å². The van der Waals surface area contributed by atoms with Crippen LogP contribution in [0.5, 0.6) is 0 Å². The number of hydrogen-bond acceptors (Lipinski definition) is 1. The van der Waals surface area contributed by atoms with E-state index in [9.17, 15) is 13.6 Å². The molecule has 1 amide bonds. The minimum Gasteiger partial charge on any atom is -0.348 e. The predicted molar refractivity (Wildman–Crippen MR) is 40.9 cm³/mol. The molecule has 4 heteroatoms.